The van der Waals surface area contributed by atoms with Crippen molar-refractivity contribution in [2.45, 2.75) is 40.3 Å². The number of nitrogens with one attached hydrogen (secondary N) is 1. The van der Waals surface area contributed by atoms with Crippen molar-refractivity contribution in [1.82, 2.24) is 20.1 Å². The Kier molecular flexibility index (Phi) is 4.59. The number of hydrogen-bond acceptors (Lipinski definition) is 3. The number of aryl methyl sites for hydroxylation is 1. The molecule has 1 atom stereocenters. The molecule has 1 aromatic rings. The van der Waals surface area contributed by atoms with Gasteiger partial charge in [0.15, 0.2) is 0 Å². The van der Waals surface area contributed by atoms with Gasteiger partial charge in [0.25, 0.3) is 0 Å². The first kappa shape index (κ1) is 11.2. The molecule has 0 saturated carbocycles. The predicted octanol–water partition coefficient (Wildman–Crippen LogP) is 1.43. The summed E-state index contributed by atoms with van der Waals surface area (Å²) in [7, 11) is 0. The molecule has 0 aliphatic carbocycles. The summed E-state index contributed by atoms with van der Waals surface area (Å²) in [5, 5.41) is 7.51. The summed E-state index contributed by atoms with van der Waals surface area (Å²) in [6.45, 7) is 9.29. The summed E-state index contributed by atoms with van der Waals surface area (Å²) in [5.74, 6) is 1.75. The fourth-order valence-electron chi connectivity index (χ4n) is 1.26. The number of hydrogen-bond donors (Lipinski definition) is 1. The molecule has 0 aliphatic rings. The zero-order valence-electron chi connectivity index (χ0n) is 9.32. The molecule has 4 heteroatoms. The maximum atomic E-state index is 4.20. The molecule has 0 aliphatic heterocycles. The molecule has 0 spiro atoms. The molecule has 0 fully saturated rings. The van der Waals surface area contributed by atoms with Crippen LogP contribution < -0.4 is 5.32 Å². The zero-order valence-corrected chi connectivity index (χ0v) is 9.32. The molecule has 1 aromatic heterocycles. The van der Waals surface area contributed by atoms with Crippen LogP contribution in [0, 0.1) is 5.92 Å². The zero-order chi connectivity index (χ0) is 10.4. The van der Waals surface area contributed by atoms with Crippen LogP contribution in [0.5, 0.6) is 0 Å². The van der Waals surface area contributed by atoms with Crippen molar-refractivity contribution >= 4 is 0 Å². The highest BCUT2D eigenvalue weighted by molar-refractivity contribution is 4.83. The van der Waals surface area contributed by atoms with Crippen molar-refractivity contribution in [3.63, 3.8) is 0 Å². The standard InChI is InChI=1S/C10H20N4/c1-4-9(3)6-11-7-10-12-8-13-14(10)5-2/h8-9,11H,4-7H2,1-3H3. The maximum Gasteiger partial charge on any atom is 0.140 e. The number of aromatic nitrogens is 3. The highest BCUT2D eigenvalue weighted by Gasteiger charge is 2.02. The van der Waals surface area contributed by atoms with Crippen LogP contribution in [0.2, 0.25) is 0 Å². The molecule has 1 heterocycles. The van der Waals surface area contributed by atoms with Gasteiger partial charge in [-0.3, -0.25) is 0 Å². The Balaban J connectivity index is 2.31. The molecule has 1 rings (SSSR count). The lowest BCUT2D eigenvalue weighted by atomic mass is 10.1. The van der Waals surface area contributed by atoms with Crippen molar-refractivity contribution in [2.75, 3.05) is 6.54 Å². The first-order valence-electron chi connectivity index (χ1n) is 5.35. The van der Waals surface area contributed by atoms with E-state index in [-0.39, 0.29) is 0 Å². The fourth-order valence-corrected chi connectivity index (χ4v) is 1.26. The quantitative estimate of drug-likeness (QED) is 0.748. The molecule has 0 radical (unpaired) electrons. The third kappa shape index (κ3) is 3.10. The van der Waals surface area contributed by atoms with Crippen LogP contribution in [0.15, 0.2) is 6.33 Å². The third-order valence-electron chi connectivity index (χ3n) is 2.47. The summed E-state index contributed by atoms with van der Waals surface area (Å²) < 4.78 is 1.92. The van der Waals surface area contributed by atoms with Gasteiger partial charge in [-0.2, -0.15) is 5.10 Å². The van der Waals surface area contributed by atoms with Gasteiger partial charge in [-0.05, 0) is 19.4 Å². The highest BCUT2D eigenvalue weighted by Crippen LogP contribution is 1.98. The van der Waals surface area contributed by atoms with Crippen molar-refractivity contribution < 1.29 is 0 Å². The van der Waals surface area contributed by atoms with Gasteiger partial charge in [0.1, 0.15) is 12.2 Å². The second kappa shape index (κ2) is 5.75. The second-order valence-corrected chi connectivity index (χ2v) is 3.64. The Morgan fingerprint density at radius 1 is 1.50 bits per heavy atom. The summed E-state index contributed by atoms with van der Waals surface area (Å²) in [6.07, 6.45) is 2.83. The maximum absolute atomic E-state index is 4.20. The van der Waals surface area contributed by atoms with E-state index in [0.29, 0.717) is 0 Å². The van der Waals surface area contributed by atoms with Gasteiger partial charge in [-0.15, -0.1) is 0 Å². The number of rotatable bonds is 6. The molecule has 0 bridgehead atoms. The monoisotopic (exact) mass is 196 g/mol. The molecular formula is C10H20N4. The Bertz CT molecular complexity index is 256. The SMILES string of the molecule is CCC(C)CNCc1ncnn1CC. The lowest BCUT2D eigenvalue weighted by Gasteiger charge is -2.09. The minimum atomic E-state index is 0.730. The fraction of sp³-hybridized carbons (Fsp3) is 0.800. The van der Waals surface area contributed by atoms with E-state index in [0.717, 1.165) is 31.4 Å². The van der Waals surface area contributed by atoms with Gasteiger partial charge in [0.05, 0.1) is 6.54 Å². The van der Waals surface area contributed by atoms with E-state index in [4.69, 9.17) is 0 Å². The third-order valence-corrected chi connectivity index (χ3v) is 2.47. The first-order chi connectivity index (χ1) is 6.77. The van der Waals surface area contributed by atoms with E-state index >= 15 is 0 Å². The molecule has 0 saturated heterocycles. The largest absolute Gasteiger partial charge is 0.310 e. The van der Waals surface area contributed by atoms with E-state index in [1.54, 1.807) is 6.33 Å². The Hall–Kier alpha value is -0.900. The Labute approximate surface area is 85.7 Å². The van der Waals surface area contributed by atoms with E-state index in [9.17, 15) is 0 Å². The van der Waals surface area contributed by atoms with Crippen molar-refractivity contribution in [2.24, 2.45) is 5.92 Å². The lowest BCUT2D eigenvalue weighted by Crippen LogP contribution is -2.22. The van der Waals surface area contributed by atoms with Crippen LogP contribution in [-0.4, -0.2) is 21.3 Å². The van der Waals surface area contributed by atoms with E-state index < -0.39 is 0 Å². The summed E-state index contributed by atoms with van der Waals surface area (Å²) in [6, 6.07) is 0. The van der Waals surface area contributed by atoms with Gasteiger partial charge >= 0.3 is 0 Å². The average Bonchev–Trinajstić information content (AvgIpc) is 2.65. The molecule has 80 valence electrons. The molecule has 14 heavy (non-hydrogen) atoms. The summed E-state index contributed by atoms with van der Waals surface area (Å²) in [5.41, 5.74) is 0. The van der Waals surface area contributed by atoms with Gasteiger partial charge < -0.3 is 5.32 Å². The molecular weight excluding hydrogens is 176 g/mol. The van der Waals surface area contributed by atoms with Gasteiger partial charge in [0, 0.05) is 6.54 Å². The summed E-state index contributed by atoms with van der Waals surface area (Å²) in [4.78, 5) is 4.20. The van der Waals surface area contributed by atoms with Crippen molar-refractivity contribution in [1.29, 1.82) is 0 Å². The molecule has 4 nitrogen and oxygen atoms in total. The Morgan fingerprint density at radius 2 is 2.29 bits per heavy atom. The molecule has 1 N–H and O–H groups in total. The smallest absolute Gasteiger partial charge is 0.140 e. The molecule has 0 amide bonds. The van der Waals surface area contributed by atoms with Gasteiger partial charge in [-0.1, -0.05) is 20.3 Å². The van der Waals surface area contributed by atoms with E-state index in [1.165, 1.54) is 6.42 Å². The second-order valence-electron chi connectivity index (χ2n) is 3.64. The first-order valence-corrected chi connectivity index (χ1v) is 5.35. The molecule has 1 unspecified atom stereocenters. The predicted molar refractivity (Wildman–Crippen MR) is 56.9 cm³/mol. The Morgan fingerprint density at radius 3 is 2.93 bits per heavy atom. The normalized spacial score (nSPS) is 13.1. The lowest BCUT2D eigenvalue weighted by molar-refractivity contribution is 0.483. The average molecular weight is 196 g/mol. The molecule has 0 aromatic carbocycles. The number of nitrogens with zero attached hydrogens (tertiary/aromatic N) is 3. The summed E-state index contributed by atoms with van der Waals surface area (Å²) >= 11 is 0. The van der Waals surface area contributed by atoms with Gasteiger partial charge in [0.2, 0.25) is 0 Å². The minimum absolute atomic E-state index is 0.730. The van der Waals surface area contributed by atoms with Crippen LogP contribution in [-0.2, 0) is 13.1 Å². The van der Waals surface area contributed by atoms with E-state index in [2.05, 4.69) is 36.2 Å². The van der Waals surface area contributed by atoms with Crippen molar-refractivity contribution in [3.8, 4) is 0 Å². The van der Waals surface area contributed by atoms with Crippen LogP contribution in [0.3, 0.4) is 0 Å². The van der Waals surface area contributed by atoms with Crippen LogP contribution in [0.25, 0.3) is 0 Å². The van der Waals surface area contributed by atoms with E-state index in [1.807, 2.05) is 4.68 Å². The van der Waals surface area contributed by atoms with Crippen LogP contribution in [0.4, 0.5) is 0 Å². The van der Waals surface area contributed by atoms with Crippen LogP contribution >= 0.6 is 0 Å². The minimum Gasteiger partial charge on any atom is -0.310 e. The van der Waals surface area contributed by atoms with Crippen molar-refractivity contribution in [3.05, 3.63) is 12.2 Å². The van der Waals surface area contributed by atoms with Gasteiger partial charge in [-0.25, -0.2) is 9.67 Å². The van der Waals surface area contributed by atoms with Crippen LogP contribution in [0.1, 0.15) is 33.0 Å². The topological polar surface area (TPSA) is 42.7 Å². The highest BCUT2D eigenvalue weighted by atomic mass is 15.3.